The Labute approximate surface area is 174 Å². The van der Waals surface area contributed by atoms with E-state index in [1.807, 2.05) is 60.0 Å². The van der Waals surface area contributed by atoms with Gasteiger partial charge in [-0.25, -0.2) is 0 Å². The minimum Gasteiger partial charge on any atom is -0.325 e. The molecule has 1 heterocycles. The van der Waals surface area contributed by atoms with Crippen LogP contribution in [0.2, 0.25) is 5.02 Å². The molecular formula is C21H23ClN4OS. The van der Waals surface area contributed by atoms with Gasteiger partial charge in [0, 0.05) is 17.8 Å². The highest BCUT2D eigenvalue weighted by atomic mass is 35.5. The van der Waals surface area contributed by atoms with Crippen LogP contribution in [0, 0.1) is 0 Å². The number of halogens is 1. The Kier molecular flexibility index (Phi) is 6.75. The molecule has 0 fully saturated rings. The lowest BCUT2D eigenvalue weighted by atomic mass is 10.0. The number of thioether (sulfide) groups is 1. The Morgan fingerprint density at radius 1 is 1.14 bits per heavy atom. The number of hydrogen-bond acceptors (Lipinski definition) is 4. The Morgan fingerprint density at radius 3 is 2.50 bits per heavy atom. The highest BCUT2D eigenvalue weighted by molar-refractivity contribution is 7.99. The van der Waals surface area contributed by atoms with Crippen LogP contribution in [0.4, 0.5) is 5.69 Å². The van der Waals surface area contributed by atoms with Crippen molar-refractivity contribution >= 4 is 35.0 Å². The number of benzene rings is 2. The minimum atomic E-state index is -0.0766. The smallest absolute Gasteiger partial charge is 0.234 e. The van der Waals surface area contributed by atoms with Crippen molar-refractivity contribution in [3.05, 3.63) is 59.1 Å². The van der Waals surface area contributed by atoms with Gasteiger partial charge in [0.1, 0.15) is 0 Å². The average Bonchev–Trinajstić information content (AvgIpc) is 3.10. The third-order valence-electron chi connectivity index (χ3n) is 4.34. The molecule has 146 valence electrons. The largest absolute Gasteiger partial charge is 0.325 e. The van der Waals surface area contributed by atoms with Crippen LogP contribution < -0.4 is 5.32 Å². The number of nitrogens with one attached hydrogen (secondary N) is 1. The van der Waals surface area contributed by atoms with Crippen LogP contribution in [0.15, 0.2) is 53.7 Å². The second-order valence-electron chi connectivity index (χ2n) is 6.64. The van der Waals surface area contributed by atoms with Crippen LogP contribution in [0.3, 0.4) is 0 Å². The number of nitrogens with zero attached hydrogens (tertiary/aromatic N) is 3. The molecule has 3 rings (SSSR count). The summed E-state index contributed by atoms with van der Waals surface area (Å²) in [4.78, 5) is 12.3. The molecule has 0 unspecified atom stereocenters. The maximum absolute atomic E-state index is 12.3. The lowest BCUT2D eigenvalue weighted by molar-refractivity contribution is -0.113. The lowest BCUT2D eigenvalue weighted by Gasteiger charge is -2.09. The molecule has 1 amide bonds. The number of carbonyl (C=O) groups excluding carboxylic acids is 1. The fraction of sp³-hybridized carbons (Fsp3) is 0.286. The van der Waals surface area contributed by atoms with E-state index >= 15 is 0 Å². The summed E-state index contributed by atoms with van der Waals surface area (Å²) in [5.74, 6) is 1.35. The molecule has 7 heteroatoms. The maximum atomic E-state index is 12.3. The van der Waals surface area contributed by atoms with Crippen molar-refractivity contribution in [3.8, 4) is 11.4 Å². The second-order valence-corrected chi connectivity index (χ2v) is 7.99. The first-order valence-corrected chi connectivity index (χ1v) is 10.6. The van der Waals surface area contributed by atoms with E-state index in [-0.39, 0.29) is 11.7 Å². The summed E-state index contributed by atoms with van der Waals surface area (Å²) in [6.45, 7) is 6.99. The molecule has 28 heavy (non-hydrogen) atoms. The predicted octanol–water partition coefficient (Wildman–Crippen LogP) is 5.47. The van der Waals surface area contributed by atoms with E-state index in [1.54, 1.807) is 0 Å². The van der Waals surface area contributed by atoms with Gasteiger partial charge in [-0.1, -0.05) is 61.5 Å². The van der Waals surface area contributed by atoms with Gasteiger partial charge in [-0.3, -0.25) is 4.79 Å². The standard InChI is InChI=1S/C21H23ClN4OS/c1-4-26-20(17-7-5-6-8-18(17)22)24-25-21(26)28-13-19(27)23-16-11-9-15(10-12-16)14(2)3/h5-12,14H,4,13H2,1-3H3,(H,23,27). The van der Waals surface area contributed by atoms with E-state index < -0.39 is 0 Å². The second kappa shape index (κ2) is 9.26. The number of hydrogen-bond donors (Lipinski definition) is 1. The van der Waals surface area contributed by atoms with E-state index in [4.69, 9.17) is 11.6 Å². The highest BCUT2D eigenvalue weighted by Crippen LogP contribution is 2.29. The molecule has 0 aliphatic heterocycles. The molecule has 0 saturated heterocycles. The van der Waals surface area contributed by atoms with Crippen molar-refractivity contribution in [1.29, 1.82) is 0 Å². The fourth-order valence-electron chi connectivity index (χ4n) is 2.80. The van der Waals surface area contributed by atoms with Gasteiger partial charge in [0.05, 0.1) is 10.8 Å². The molecule has 0 radical (unpaired) electrons. The van der Waals surface area contributed by atoms with Crippen molar-refractivity contribution in [3.63, 3.8) is 0 Å². The number of rotatable bonds is 7. The first-order chi connectivity index (χ1) is 13.5. The van der Waals surface area contributed by atoms with Crippen LogP contribution in [-0.4, -0.2) is 26.4 Å². The topological polar surface area (TPSA) is 59.8 Å². The van der Waals surface area contributed by atoms with Crippen molar-refractivity contribution < 1.29 is 4.79 Å². The van der Waals surface area contributed by atoms with Gasteiger partial charge >= 0.3 is 0 Å². The first kappa shape index (κ1) is 20.4. The zero-order valence-corrected chi connectivity index (χ0v) is 17.7. The van der Waals surface area contributed by atoms with Gasteiger partial charge in [-0.2, -0.15) is 0 Å². The highest BCUT2D eigenvalue weighted by Gasteiger charge is 2.16. The summed E-state index contributed by atoms with van der Waals surface area (Å²) in [6.07, 6.45) is 0. The Bertz CT molecular complexity index is 953. The molecule has 2 aromatic carbocycles. The van der Waals surface area contributed by atoms with Crippen molar-refractivity contribution in [1.82, 2.24) is 14.8 Å². The van der Waals surface area contributed by atoms with Gasteiger partial charge in [-0.15, -0.1) is 10.2 Å². The van der Waals surface area contributed by atoms with Crippen LogP contribution in [0.25, 0.3) is 11.4 Å². The summed E-state index contributed by atoms with van der Waals surface area (Å²) in [6, 6.07) is 15.5. The van der Waals surface area contributed by atoms with E-state index in [1.165, 1.54) is 17.3 Å². The zero-order chi connectivity index (χ0) is 20.1. The molecule has 1 aromatic heterocycles. The average molecular weight is 415 g/mol. The van der Waals surface area contributed by atoms with Gasteiger partial charge in [0.25, 0.3) is 0 Å². The molecule has 0 aliphatic rings. The Hall–Kier alpha value is -2.31. The molecule has 0 aliphatic carbocycles. The maximum Gasteiger partial charge on any atom is 0.234 e. The van der Waals surface area contributed by atoms with Gasteiger partial charge in [-0.05, 0) is 42.7 Å². The number of carbonyl (C=O) groups is 1. The number of amides is 1. The van der Waals surface area contributed by atoms with Crippen molar-refractivity contribution in [2.45, 2.75) is 38.4 Å². The monoisotopic (exact) mass is 414 g/mol. The van der Waals surface area contributed by atoms with E-state index in [0.29, 0.717) is 28.5 Å². The van der Waals surface area contributed by atoms with Gasteiger partial charge in [0.15, 0.2) is 11.0 Å². The third-order valence-corrected chi connectivity index (χ3v) is 5.64. The van der Waals surface area contributed by atoms with Crippen LogP contribution >= 0.6 is 23.4 Å². The molecule has 5 nitrogen and oxygen atoms in total. The Morgan fingerprint density at radius 2 is 1.86 bits per heavy atom. The van der Waals surface area contributed by atoms with Crippen LogP contribution in [0.1, 0.15) is 32.3 Å². The van der Waals surface area contributed by atoms with Crippen molar-refractivity contribution in [2.75, 3.05) is 11.1 Å². The molecule has 1 N–H and O–H groups in total. The molecule has 3 aromatic rings. The van der Waals surface area contributed by atoms with E-state index in [2.05, 4.69) is 29.4 Å². The molecular weight excluding hydrogens is 392 g/mol. The summed E-state index contributed by atoms with van der Waals surface area (Å²) in [5, 5.41) is 12.8. The molecule has 0 saturated carbocycles. The lowest BCUT2D eigenvalue weighted by Crippen LogP contribution is -2.14. The van der Waals surface area contributed by atoms with Crippen molar-refractivity contribution in [2.24, 2.45) is 0 Å². The van der Waals surface area contributed by atoms with Crippen LogP contribution in [-0.2, 0) is 11.3 Å². The van der Waals surface area contributed by atoms with E-state index in [0.717, 1.165) is 11.3 Å². The normalized spacial score (nSPS) is 11.0. The quantitative estimate of drug-likeness (QED) is 0.520. The first-order valence-electron chi connectivity index (χ1n) is 9.20. The summed E-state index contributed by atoms with van der Waals surface area (Å²) >= 11 is 7.66. The molecule has 0 bridgehead atoms. The Balaban J connectivity index is 1.66. The molecule has 0 atom stereocenters. The predicted molar refractivity (Wildman–Crippen MR) is 116 cm³/mol. The fourth-order valence-corrected chi connectivity index (χ4v) is 3.82. The van der Waals surface area contributed by atoms with Gasteiger partial charge < -0.3 is 9.88 Å². The summed E-state index contributed by atoms with van der Waals surface area (Å²) in [5.41, 5.74) is 2.87. The van der Waals surface area contributed by atoms with Gasteiger partial charge in [0.2, 0.25) is 5.91 Å². The summed E-state index contributed by atoms with van der Waals surface area (Å²) in [7, 11) is 0. The number of aromatic nitrogens is 3. The summed E-state index contributed by atoms with van der Waals surface area (Å²) < 4.78 is 1.97. The minimum absolute atomic E-state index is 0.0766. The number of anilines is 1. The van der Waals surface area contributed by atoms with Crippen LogP contribution in [0.5, 0.6) is 0 Å². The third kappa shape index (κ3) is 4.75. The SMILES string of the molecule is CCn1c(SCC(=O)Nc2ccc(C(C)C)cc2)nnc1-c1ccccc1Cl. The van der Waals surface area contributed by atoms with E-state index in [9.17, 15) is 4.79 Å². The zero-order valence-electron chi connectivity index (χ0n) is 16.1. The molecule has 0 spiro atoms.